The Morgan fingerprint density at radius 2 is 1.67 bits per heavy atom. The van der Waals surface area contributed by atoms with E-state index < -0.39 is 96.9 Å². The van der Waals surface area contributed by atoms with Crippen LogP contribution in [0.2, 0.25) is 0 Å². The Morgan fingerprint density at radius 3 is 2.18 bits per heavy atom. The summed E-state index contributed by atoms with van der Waals surface area (Å²) in [6.07, 6.45) is -8.39. The number of nitrogens with one attached hydrogen (secondary N) is 1. The first-order valence-electron chi connectivity index (χ1n) is 16.5. The molecule has 49 heavy (non-hydrogen) atoms. The number of rotatable bonds is 14. The van der Waals surface area contributed by atoms with Crippen molar-refractivity contribution in [3.63, 3.8) is 0 Å². The number of carboxylic acid groups (broad SMARTS) is 1. The molecule has 0 saturated carbocycles. The minimum atomic E-state index is -2.45. The lowest BCUT2D eigenvalue weighted by molar-refractivity contribution is -0.225. The summed E-state index contributed by atoms with van der Waals surface area (Å²) < 4.78 is 26.6. The average molecular weight is 686 g/mol. The van der Waals surface area contributed by atoms with Gasteiger partial charge >= 0.3 is 11.9 Å². The molecule has 0 radical (unpaired) electrons. The summed E-state index contributed by atoms with van der Waals surface area (Å²) in [5.74, 6) is -6.01. The molecule has 15 nitrogen and oxygen atoms in total. The zero-order chi connectivity index (χ0) is 36.7. The van der Waals surface area contributed by atoms with Crippen LogP contribution >= 0.6 is 0 Å². The highest BCUT2D eigenvalue weighted by Gasteiger charge is 2.53. The van der Waals surface area contributed by atoms with Crippen LogP contribution in [0.15, 0.2) is 60.7 Å². The Kier molecular flexibility index (Phi) is 12.3. The second-order valence-electron chi connectivity index (χ2n) is 12.1. The van der Waals surface area contributed by atoms with Crippen molar-refractivity contribution in [2.24, 2.45) is 17.4 Å². The molecule has 266 valence electrons. The predicted octanol–water partition coefficient (Wildman–Crippen LogP) is -0.387. The van der Waals surface area contributed by atoms with E-state index in [1.807, 2.05) is 12.1 Å². The first-order valence-corrected chi connectivity index (χ1v) is 16.0. The van der Waals surface area contributed by atoms with Gasteiger partial charge in [0.15, 0.2) is 12.2 Å². The van der Waals surface area contributed by atoms with Crippen LogP contribution in [-0.2, 0) is 38.2 Å². The summed E-state index contributed by atoms with van der Waals surface area (Å²) in [5, 5.41) is 32.5. The van der Waals surface area contributed by atoms with Crippen LogP contribution in [0.3, 0.4) is 0 Å². The van der Waals surface area contributed by atoms with Crippen LogP contribution in [0, 0.1) is 5.92 Å². The monoisotopic (exact) mass is 685 g/mol. The van der Waals surface area contributed by atoms with Crippen LogP contribution in [0.4, 0.5) is 0 Å². The highest BCUT2D eigenvalue weighted by molar-refractivity contribution is 5.92. The molecular formula is C34H44N4O11. The fourth-order valence-corrected chi connectivity index (χ4v) is 6.20. The summed E-state index contributed by atoms with van der Waals surface area (Å²) in [5.41, 5.74) is 13.5. The molecule has 4 rings (SSSR count). The predicted molar refractivity (Wildman–Crippen MR) is 172 cm³/mol. The van der Waals surface area contributed by atoms with E-state index in [0.717, 1.165) is 11.8 Å². The van der Waals surface area contributed by atoms with Gasteiger partial charge in [-0.1, -0.05) is 60.7 Å². The molecule has 0 spiro atoms. The SMILES string of the molecule is [2H][C@@]1(C(=O)N[C@@H](CCC(=O)OC(c2ccccc2)c2ccccc2)C(N)=O)C(C2O[C@H](CO)[C@@H](O)[C@H](O[C@H](C)C(=O)O)[C@H]2N)CCN1C(C)=O. The number of hydrogen-bond donors (Lipinski definition) is 6. The lowest BCUT2D eigenvalue weighted by Gasteiger charge is -2.46. The smallest absolute Gasteiger partial charge is 0.332 e. The molecule has 0 bridgehead atoms. The zero-order valence-electron chi connectivity index (χ0n) is 28.2. The van der Waals surface area contributed by atoms with E-state index in [2.05, 4.69) is 5.32 Å². The van der Waals surface area contributed by atoms with Crippen LogP contribution in [-0.4, -0.2) is 112 Å². The van der Waals surface area contributed by atoms with E-state index in [4.69, 9.17) is 25.7 Å². The van der Waals surface area contributed by atoms with Crippen LogP contribution < -0.4 is 16.8 Å². The van der Waals surface area contributed by atoms with Crippen molar-refractivity contribution in [1.82, 2.24) is 10.2 Å². The average Bonchev–Trinajstić information content (AvgIpc) is 3.45. The van der Waals surface area contributed by atoms with E-state index >= 15 is 0 Å². The minimum Gasteiger partial charge on any atom is -0.479 e. The Morgan fingerprint density at radius 1 is 1.08 bits per heavy atom. The lowest BCUT2D eigenvalue weighted by Crippen LogP contribution is -2.67. The quantitative estimate of drug-likeness (QED) is 0.139. The van der Waals surface area contributed by atoms with Crippen molar-refractivity contribution in [2.45, 2.75) is 87.8 Å². The number of aliphatic carboxylic acids is 1. The number of hydrogen-bond acceptors (Lipinski definition) is 11. The molecule has 8 N–H and O–H groups in total. The third kappa shape index (κ3) is 8.99. The molecule has 2 fully saturated rings. The van der Waals surface area contributed by atoms with Gasteiger partial charge in [-0.25, -0.2) is 4.79 Å². The summed E-state index contributed by atoms with van der Waals surface area (Å²) in [4.78, 5) is 64.9. The Balaban J connectivity index is 1.53. The van der Waals surface area contributed by atoms with E-state index in [9.17, 15) is 40.7 Å². The highest BCUT2D eigenvalue weighted by atomic mass is 16.6. The molecule has 2 saturated heterocycles. The number of aliphatic hydroxyl groups is 2. The van der Waals surface area contributed by atoms with Gasteiger partial charge in [-0.3, -0.25) is 19.2 Å². The molecule has 2 unspecified atom stereocenters. The molecule has 9 atom stereocenters. The van der Waals surface area contributed by atoms with Crippen molar-refractivity contribution in [2.75, 3.05) is 13.2 Å². The maximum atomic E-state index is 14.0. The normalized spacial score (nSPS) is 28.3. The third-order valence-electron chi connectivity index (χ3n) is 8.75. The summed E-state index contributed by atoms with van der Waals surface area (Å²) >= 11 is 0. The van der Waals surface area contributed by atoms with E-state index in [1.165, 1.54) is 6.92 Å². The number of benzene rings is 2. The second-order valence-corrected chi connectivity index (χ2v) is 12.1. The number of amides is 3. The number of aliphatic hydroxyl groups excluding tert-OH is 2. The van der Waals surface area contributed by atoms with Gasteiger partial charge in [-0.2, -0.15) is 0 Å². The number of nitrogens with two attached hydrogens (primary N) is 2. The first-order chi connectivity index (χ1) is 23.7. The van der Waals surface area contributed by atoms with Gasteiger partial charge in [0.05, 0.1) is 20.1 Å². The number of carboxylic acids is 1. The van der Waals surface area contributed by atoms with Crippen LogP contribution in [0.5, 0.6) is 0 Å². The summed E-state index contributed by atoms with van der Waals surface area (Å²) in [7, 11) is 0. The largest absolute Gasteiger partial charge is 0.479 e. The first kappa shape index (κ1) is 35.9. The molecule has 0 aliphatic carbocycles. The van der Waals surface area contributed by atoms with Gasteiger partial charge < -0.3 is 51.2 Å². The third-order valence-corrected chi connectivity index (χ3v) is 8.75. The highest BCUT2D eigenvalue weighted by Crippen LogP contribution is 2.36. The number of esters is 1. The molecule has 2 aliphatic heterocycles. The van der Waals surface area contributed by atoms with Gasteiger partial charge in [0.2, 0.25) is 17.7 Å². The topological polar surface area (TPSA) is 241 Å². The fraction of sp³-hybridized carbons (Fsp3) is 0.500. The van der Waals surface area contributed by atoms with E-state index in [-0.39, 0.29) is 25.8 Å². The zero-order valence-corrected chi connectivity index (χ0v) is 27.2. The lowest BCUT2D eigenvalue weighted by atomic mass is 9.82. The summed E-state index contributed by atoms with van der Waals surface area (Å²) in [6, 6.07) is 12.8. The molecule has 3 amide bonds. The number of ether oxygens (including phenoxy) is 3. The van der Waals surface area contributed by atoms with Crippen molar-refractivity contribution in [3.05, 3.63) is 71.8 Å². The second kappa shape index (κ2) is 16.8. The Hall–Kier alpha value is -4.41. The molecular weight excluding hydrogens is 640 g/mol. The fourth-order valence-electron chi connectivity index (χ4n) is 6.20. The molecule has 2 heterocycles. The van der Waals surface area contributed by atoms with Crippen molar-refractivity contribution >= 4 is 29.7 Å². The number of carbonyl (C=O) groups is 5. The van der Waals surface area contributed by atoms with Crippen LogP contribution in [0.1, 0.15) is 51.7 Å². The Bertz CT molecular complexity index is 1480. The van der Waals surface area contributed by atoms with Gasteiger partial charge in [0, 0.05) is 25.8 Å². The minimum absolute atomic E-state index is 0.00175. The maximum Gasteiger partial charge on any atom is 0.332 e. The van der Waals surface area contributed by atoms with Gasteiger partial charge in [0.25, 0.3) is 0 Å². The molecule has 2 aromatic carbocycles. The maximum absolute atomic E-state index is 14.0. The standard InChI is InChI=1S/C34H44N4O11/c1-18(34(45)46)47-31-26(35)30(48-24(17-39)28(31)42)22-15-16-38(19(2)40)27(22)33(44)37-23(32(36)43)13-14-25(41)49-29(20-9-5-3-6-10-20)21-11-7-4-8-12-21/h3-12,18,22-24,26-31,39,42H,13-17,35H2,1-2H3,(H2,36,43)(H,37,44)(H,45,46)/t18-,22?,23+,24-,26+,27+,28-,30?,31-/m1/s1/i27D. The number of carbonyl (C=O) groups excluding carboxylic acids is 4. The Labute approximate surface area is 284 Å². The number of likely N-dealkylation sites (tertiary alicyclic amines) is 1. The summed E-state index contributed by atoms with van der Waals surface area (Å²) in [6.45, 7) is 1.54. The van der Waals surface area contributed by atoms with Gasteiger partial charge in [0.1, 0.15) is 30.4 Å². The van der Waals surface area contributed by atoms with Gasteiger partial charge in [-0.05, 0) is 30.9 Å². The molecule has 15 heteroatoms. The molecule has 2 aliphatic rings. The van der Waals surface area contributed by atoms with Crippen LogP contribution in [0.25, 0.3) is 0 Å². The van der Waals surface area contributed by atoms with Gasteiger partial charge in [-0.15, -0.1) is 0 Å². The van der Waals surface area contributed by atoms with E-state index in [0.29, 0.717) is 11.1 Å². The number of nitrogens with zero attached hydrogens (tertiary/aromatic N) is 1. The molecule has 2 aromatic rings. The van der Waals surface area contributed by atoms with E-state index in [1.54, 1.807) is 48.5 Å². The number of primary amides is 1. The van der Waals surface area contributed by atoms with Crippen molar-refractivity contribution in [1.29, 1.82) is 0 Å². The van der Waals surface area contributed by atoms with Crippen molar-refractivity contribution in [3.8, 4) is 0 Å². The molecule has 0 aromatic heterocycles. The van der Waals surface area contributed by atoms with Crippen molar-refractivity contribution < 1.29 is 54.9 Å².